The Morgan fingerprint density at radius 1 is 1.25 bits per heavy atom. The second-order valence-electron chi connectivity index (χ2n) is 6.06. The molecule has 148 valence electrons. The van der Waals surface area contributed by atoms with Crippen molar-refractivity contribution in [2.45, 2.75) is 18.4 Å². The van der Waals surface area contributed by atoms with E-state index >= 15 is 0 Å². The Morgan fingerprint density at radius 3 is 2.71 bits per heavy atom. The first-order valence-electron chi connectivity index (χ1n) is 8.55. The van der Waals surface area contributed by atoms with Crippen LogP contribution in [0.5, 0.6) is 0 Å². The van der Waals surface area contributed by atoms with Crippen molar-refractivity contribution in [1.82, 2.24) is 4.57 Å². The number of hydrogen-bond acceptors (Lipinski definition) is 5. The van der Waals surface area contributed by atoms with E-state index in [4.69, 9.17) is 4.74 Å². The maximum absolute atomic E-state index is 13.4. The Labute approximate surface area is 165 Å². The highest BCUT2D eigenvalue weighted by Gasteiger charge is 2.13. The van der Waals surface area contributed by atoms with Crippen LogP contribution >= 0.6 is 11.3 Å². The number of ether oxygens (including phenoxy) is 1. The van der Waals surface area contributed by atoms with Crippen molar-refractivity contribution in [3.8, 4) is 0 Å². The second-order valence-corrected chi connectivity index (χ2v) is 9.09. The molecule has 3 aromatic rings. The maximum atomic E-state index is 13.4. The Balaban J connectivity index is 2.13. The second kappa shape index (κ2) is 8.34. The molecule has 0 saturated heterocycles. The van der Waals surface area contributed by atoms with E-state index in [1.807, 2.05) is 6.92 Å². The summed E-state index contributed by atoms with van der Waals surface area (Å²) in [6.07, 6.45) is 1.14. The van der Waals surface area contributed by atoms with Crippen molar-refractivity contribution in [2.75, 3.05) is 19.5 Å². The first-order chi connectivity index (χ1) is 13.3. The number of carbonyl (C=O) groups excluding carboxylic acids is 1. The number of rotatable bonds is 6. The lowest BCUT2D eigenvalue weighted by Crippen LogP contribution is -2.19. The number of fused-ring (bicyclic) bond motifs is 1. The Hall–Kier alpha value is -2.36. The van der Waals surface area contributed by atoms with Crippen molar-refractivity contribution in [3.05, 3.63) is 58.6 Å². The molecule has 0 saturated carbocycles. The van der Waals surface area contributed by atoms with Crippen LogP contribution in [0.15, 0.2) is 52.4 Å². The van der Waals surface area contributed by atoms with Crippen LogP contribution in [-0.4, -0.2) is 38.4 Å². The molecule has 0 aliphatic heterocycles. The van der Waals surface area contributed by atoms with Crippen LogP contribution in [0.2, 0.25) is 0 Å². The van der Waals surface area contributed by atoms with Crippen molar-refractivity contribution in [3.63, 3.8) is 0 Å². The van der Waals surface area contributed by atoms with E-state index in [-0.39, 0.29) is 10.5 Å². The number of amides is 1. The molecule has 0 aliphatic carbocycles. The van der Waals surface area contributed by atoms with E-state index in [0.29, 0.717) is 29.3 Å². The van der Waals surface area contributed by atoms with Crippen LogP contribution in [0.4, 0.5) is 4.39 Å². The molecule has 0 bridgehead atoms. The van der Waals surface area contributed by atoms with Gasteiger partial charge in [0.2, 0.25) is 0 Å². The summed E-state index contributed by atoms with van der Waals surface area (Å²) in [5.74, 6) is -1.08. The van der Waals surface area contributed by atoms with Crippen LogP contribution in [-0.2, 0) is 21.1 Å². The average Bonchev–Trinajstić information content (AvgIpc) is 2.97. The van der Waals surface area contributed by atoms with E-state index in [9.17, 15) is 17.6 Å². The third-order valence-electron chi connectivity index (χ3n) is 4.01. The van der Waals surface area contributed by atoms with Gasteiger partial charge in [-0.3, -0.25) is 4.79 Å². The minimum atomic E-state index is -3.36. The van der Waals surface area contributed by atoms with Gasteiger partial charge in [-0.15, -0.1) is 0 Å². The van der Waals surface area contributed by atoms with Gasteiger partial charge in [0, 0.05) is 25.0 Å². The molecule has 0 atom stereocenters. The molecule has 28 heavy (non-hydrogen) atoms. The zero-order chi connectivity index (χ0) is 20.3. The fraction of sp³-hybridized carbons (Fsp3) is 0.263. The lowest BCUT2D eigenvalue weighted by molar-refractivity contribution is 0.0996. The molecular formula is C19H19FN2O4S2. The summed E-state index contributed by atoms with van der Waals surface area (Å²) in [5, 5.41) is 0. The van der Waals surface area contributed by atoms with Crippen LogP contribution in [0.3, 0.4) is 0 Å². The van der Waals surface area contributed by atoms with Crippen LogP contribution in [0, 0.1) is 5.82 Å². The zero-order valence-corrected chi connectivity index (χ0v) is 17.0. The van der Waals surface area contributed by atoms with Gasteiger partial charge in [-0.05, 0) is 43.3 Å². The van der Waals surface area contributed by atoms with Gasteiger partial charge in [0.1, 0.15) is 5.82 Å². The zero-order valence-electron chi connectivity index (χ0n) is 15.4. The molecule has 1 amide bonds. The Morgan fingerprint density at radius 2 is 2.04 bits per heavy atom. The quantitative estimate of drug-likeness (QED) is 0.572. The molecule has 6 nitrogen and oxygen atoms in total. The summed E-state index contributed by atoms with van der Waals surface area (Å²) in [6, 6.07) is 10.1. The number of aromatic nitrogens is 1. The highest BCUT2D eigenvalue weighted by molar-refractivity contribution is 7.90. The third kappa shape index (κ3) is 4.54. The molecule has 0 aliphatic rings. The fourth-order valence-electron chi connectivity index (χ4n) is 2.66. The average molecular weight is 423 g/mol. The number of hydrogen-bond donors (Lipinski definition) is 0. The van der Waals surface area contributed by atoms with Crippen molar-refractivity contribution in [2.24, 2.45) is 4.99 Å². The first kappa shape index (κ1) is 20.4. The monoisotopic (exact) mass is 422 g/mol. The van der Waals surface area contributed by atoms with E-state index < -0.39 is 21.6 Å². The molecule has 1 heterocycles. The maximum Gasteiger partial charge on any atom is 0.279 e. The lowest BCUT2D eigenvalue weighted by atomic mass is 10.2. The number of sulfone groups is 1. The molecule has 2 aromatic carbocycles. The van der Waals surface area contributed by atoms with Gasteiger partial charge in [0.25, 0.3) is 5.91 Å². The SMILES string of the molecule is CCOCCn1c(=NC(=O)c2cccc(F)c2)sc2cc(S(C)(=O)=O)ccc21. The van der Waals surface area contributed by atoms with Crippen molar-refractivity contribution < 1.29 is 22.3 Å². The number of halogens is 1. The summed E-state index contributed by atoms with van der Waals surface area (Å²) in [4.78, 5) is 17.2. The molecule has 3 rings (SSSR count). The van der Waals surface area contributed by atoms with E-state index in [1.54, 1.807) is 16.7 Å². The molecule has 9 heteroatoms. The number of benzene rings is 2. The predicted octanol–water partition coefficient (Wildman–Crippen LogP) is 3.02. The van der Waals surface area contributed by atoms with Crippen LogP contribution in [0.1, 0.15) is 17.3 Å². The number of nitrogens with zero attached hydrogens (tertiary/aromatic N) is 2. The third-order valence-corrected chi connectivity index (χ3v) is 6.17. The summed E-state index contributed by atoms with van der Waals surface area (Å²) in [5.41, 5.74) is 0.897. The van der Waals surface area contributed by atoms with Gasteiger partial charge >= 0.3 is 0 Å². The molecular weight excluding hydrogens is 403 g/mol. The minimum absolute atomic E-state index is 0.144. The lowest BCUT2D eigenvalue weighted by Gasteiger charge is -2.06. The topological polar surface area (TPSA) is 77.7 Å². The normalized spacial score (nSPS) is 12.6. The van der Waals surface area contributed by atoms with Gasteiger partial charge in [-0.2, -0.15) is 4.99 Å². The Kier molecular flexibility index (Phi) is 6.07. The van der Waals surface area contributed by atoms with E-state index in [0.717, 1.165) is 17.8 Å². The summed E-state index contributed by atoms with van der Waals surface area (Å²) in [6.45, 7) is 3.29. The van der Waals surface area contributed by atoms with Crippen LogP contribution in [0.25, 0.3) is 10.2 Å². The molecule has 0 fully saturated rings. The molecule has 0 spiro atoms. The molecule has 1 aromatic heterocycles. The minimum Gasteiger partial charge on any atom is -0.380 e. The van der Waals surface area contributed by atoms with Crippen molar-refractivity contribution in [1.29, 1.82) is 0 Å². The smallest absolute Gasteiger partial charge is 0.279 e. The summed E-state index contributed by atoms with van der Waals surface area (Å²) >= 11 is 1.20. The van der Waals surface area contributed by atoms with Gasteiger partial charge in [0.15, 0.2) is 14.6 Å². The highest BCUT2D eigenvalue weighted by Crippen LogP contribution is 2.22. The number of thiazole rings is 1. The molecule has 0 radical (unpaired) electrons. The number of carbonyl (C=O) groups is 1. The molecule has 0 N–H and O–H groups in total. The van der Waals surface area contributed by atoms with E-state index in [1.165, 1.54) is 35.6 Å². The summed E-state index contributed by atoms with van der Waals surface area (Å²) in [7, 11) is -3.36. The van der Waals surface area contributed by atoms with Gasteiger partial charge < -0.3 is 9.30 Å². The summed E-state index contributed by atoms with van der Waals surface area (Å²) < 4.78 is 45.0. The highest BCUT2D eigenvalue weighted by atomic mass is 32.2. The van der Waals surface area contributed by atoms with Crippen molar-refractivity contribution >= 4 is 37.3 Å². The van der Waals surface area contributed by atoms with Crippen LogP contribution < -0.4 is 4.80 Å². The largest absolute Gasteiger partial charge is 0.380 e. The fourth-order valence-corrected chi connectivity index (χ4v) is 4.47. The van der Waals surface area contributed by atoms with Gasteiger partial charge in [-0.1, -0.05) is 17.4 Å². The predicted molar refractivity (Wildman–Crippen MR) is 106 cm³/mol. The Bertz CT molecular complexity index is 1200. The van der Waals surface area contributed by atoms with Gasteiger partial charge in [0.05, 0.1) is 21.7 Å². The first-order valence-corrected chi connectivity index (χ1v) is 11.3. The molecule has 0 unspecified atom stereocenters. The standard InChI is InChI=1S/C19H19FN2O4S2/c1-3-26-10-9-22-16-8-7-15(28(2,24)25)12-17(16)27-19(22)21-18(23)13-5-4-6-14(20)11-13/h4-8,11-12H,3,9-10H2,1-2H3. The van der Waals surface area contributed by atoms with E-state index in [2.05, 4.69) is 4.99 Å². The van der Waals surface area contributed by atoms with Gasteiger partial charge in [-0.25, -0.2) is 12.8 Å².